The molecule has 0 aliphatic carbocycles. The molecule has 1 heterocycles. The number of likely N-dealkylation sites (N-methyl/N-ethyl adjacent to an activating group) is 1. The van der Waals surface area contributed by atoms with Crippen LogP contribution in [0.4, 0.5) is 5.69 Å². The summed E-state index contributed by atoms with van der Waals surface area (Å²) in [6.45, 7) is 1.90. The highest BCUT2D eigenvalue weighted by Crippen LogP contribution is 2.45. The van der Waals surface area contributed by atoms with Crippen molar-refractivity contribution in [1.82, 2.24) is 0 Å². The van der Waals surface area contributed by atoms with Gasteiger partial charge in [0.2, 0.25) is 5.91 Å². The molecule has 2 aromatic rings. The summed E-state index contributed by atoms with van der Waals surface area (Å²) in [5.74, 6) is 0.0155. The van der Waals surface area contributed by atoms with Crippen LogP contribution in [-0.2, 0) is 10.2 Å². The van der Waals surface area contributed by atoms with Gasteiger partial charge in [-0.25, -0.2) is 0 Å². The van der Waals surface area contributed by atoms with Crippen molar-refractivity contribution < 1.29 is 9.90 Å². The molecule has 0 saturated heterocycles. The summed E-state index contributed by atoms with van der Waals surface area (Å²) in [5, 5.41) is 11.2. The van der Waals surface area contributed by atoms with Crippen LogP contribution in [0.1, 0.15) is 30.6 Å². The Bertz CT molecular complexity index is 713. The van der Waals surface area contributed by atoms with Crippen molar-refractivity contribution in [3.8, 4) is 0 Å². The van der Waals surface area contributed by atoms with E-state index in [1.54, 1.807) is 36.2 Å². The number of rotatable bonds is 3. The molecule has 3 nitrogen and oxygen atoms in total. The predicted molar refractivity (Wildman–Crippen MR) is 88.2 cm³/mol. The van der Waals surface area contributed by atoms with Gasteiger partial charge in [0.1, 0.15) is 0 Å². The van der Waals surface area contributed by atoms with E-state index < -0.39 is 11.5 Å². The fourth-order valence-electron chi connectivity index (χ4n) is 3.21. The second-order valence-corrected chi connectivity index (χ2v) is 6.42. The van der Waals surface area contributed by atoms with Crippen LogP contribution >= 0.6 is 11.6 Å². The number of amides is 1. The van der Waals surface area contributed by atoms with Gasteiger partial charge in [0.15, 0.2) is 0 Å². The van der Waals surface area contributed by atoms with Gasteiger partial charge < -0.3 is 10.0 Å². The Kier molecular flexibility index (Phi) is 3.71. The molecule has 22 heavy (non-hydrogen) atoms. The number of nitrogens with zero attached hydrogens (tertiary/aromatic N) is 1. The molecule has 0 saturated carbocycles. The van der Waals surface area contributed by atoms with Crippen LogP contribution in [0.15, 0.2) is 48.5 Å². The average molecular weight is 316 g/mol. The number of halogens is 1. The van der Waals surface area contributed by atoms with Crippen molar-refractivity contribution in [3.05, 3.63) is 64.7 Å². The highest BCUT2D eigenvalue weighted by molar-refractivity contribution is 6.30. The van der Waals surface area contributed by atoms with Crippen molar-refractivity contribution in [2.24, 2.45) is 0 Å². The first-order valence-electron chi connectivity index (χ1n) is 7.24. The van der Waals surface area contributed by atoms with Crippen LogP contribution in [0.3, 0.4) is 0 Å². The molecule has 2 aromatic carbocycles. The highest BCUT2D eigenvalue weighted by atomic mass is 35.5. The third kappa shape index (κ3) is 2.31. The topological polar surface area (TPSA) is 40.5 Å². The van der Waals surface area contributed by atoms with E-state index >= 15 is 0 Å². The molecule has 1 aliphatic rings. The summed E-state index contributed by atoms with van der Waals surface area (Å²) >= 11 is 5.88. The molecule has 1 N–H and O–H groups in total. The molecule has 0 spiro atoms. The van der Waals surface area contributed by atoms with E-state index in [0.29, 0.717) is 11.4 Å². The molecule has 3 rings (SSSR count). The van der Waals surface area contributed by atoms with Gasteiger partial charge in [0, 0.05) is 17.8 Å². The second kappa shape index (κ2) is 5.41. The summed E-state index contributed by atoms with van der Waals surface area (Å²) in [5.41, 5.74) is 1.93. The van der Waals surface area contributed by atoms with Crippen molar-refractivity contribution in [3.63, 3.8) is 0 Å². The molecule has 114 valence electrons. The number of fused-ring (bicyclic) bond motifs is 1. The highest BCUT2D eigenvalue weighted by Gasteiger charge is 2.46. The Balaban J connectivity index is 1.94. The Morgan fingerprint density at radius 3 is 2.50 bits per heavy atom. The van der Waals surface area contributed by atoms with Gasteiger partial charge in [-0.05, 0) is 42.7 Å². The molecule has 0 aromatic heterocycles. The van der Waals surface area contributed by atoms with Gasteiger partial charge in [-0.3, -0.25) is 4.79 Å². The summed E-state index contributed by atoms with van der Waals surface area (Å²) in [6.07, 6.45) is -0.375. The summed E-state index contributed by atoms with van der Waals surface area (Å²) < 4.78 is 0. The molecular weight excluding hydrogens is 298 g/mol. The zero-order valence-corrected chi connectivity index (χ0v) is 13.3. The van der Waals surface area contributed by atoms with E-state index in [4.69, 9.17) is 11.6 Å². The first-order valence-corrected chi connectivity index (χ1v) is 7.62. The molecule has 0 bridgehead atoms. The first-order chi connectivity index (χ1) is 10.4. The Morgan fingerprint density at radius 1 is 1.18 bits per heavy atom. The number of hydrogen-bond donors (Lipinski definition) is 1. The fraction of sp³-hybridized carbons (Fsp3) is 0.278. The number of carbonyl (C=O) groups excluding carboxylic acids is 1. The second-order valence-electron chi connectivity index (χ2n) is 5.98. The third-order valence-corrected chi connectivity index (χ3v) is 4.74. The number of aliphatic hydroxyl groups is 1. The van der Waals surface area contributed by atoms with Crippen LogP contribution < -0.4 is 4.90 Å². The SMILES string of the molecule is CN1C(=O)C(C)(CC(O)c2ccc(Cl)cc2)c2ccccc21. The number of carbonyl (C=O) groups is 1. The van der Waals surface area contributed by atoms with Crippen molar-refractivity contribution >= 4 is 23.2 Å². The zero-order valence-electron chi connectivity index (χ0n) is 12.6. The Labute approximate surface area is 135 Å². The van der Waals surface area contributed by atoms with E-state index in [1.807, 2.05) is 31.2 Å². The summed E-state index contributed by atoms with van der Waals surface area (Å²) in [4.78, 5) is 14.4. The Morgan fingerprint density at radius 2 is 1.82 bits per heavy atom. The lowest BCUT2D eigenvalue weighted by Gasteiger charge is -2.26. The maximum Gasteiger partial charge on any atom is 0.237 e. The predicted octanol–water partition coefficient (Wildman–Crippen LogP) is 3.70. The van der Waals surface area contributed by atoms with Crippen molar-refractivity contribution in [1.29, 1.82) is 0 Å². The van der Waals surface area contributed by atoms with E-state index in [2.05, 4.69) is 0 Å². The maximum absolute atomic E-state index is 12.7. The zero-order chi connectivity index (χ0) is 15.9. The molecule has 2 atom stereocenters. The minimum absolute atomic E-state index is 0.0155. The normalized spacial score (nSPS) is 21.8. The van der Waals surface area contributed by atoms with Crippen LogP contribution in [0, 0.1) is 0 Å². The quantitative estimate of drug-likeness (QED) is 0.938. The van der Waals surface area contributed by atoms with Crippen LogP contribution in [0.2, 0.25) is 5.02 Å². The standard InChI is InChI=1S/C18H18ClNO2/c1-18(11-16(21)12-7-9-13(19)10-8-12)14-5-3-4-6-15(14)20(2)17(18)22/h3-10,16,21H,11H2,1-2H3. The molecular formula is C18H18ClNO2. The van der Waals surface area contributed by atoms with Crippen molar-refractivity contribution in [2.75, 3.05) is 11.9 Å². The van der Waals surface area contributed by atoms with Crippen LogP contribution in [-0.4, -0.2) is 18.1 Å². The van der Waals surface area contributed by atoms with Crippen LogP contribution in [0.25, 0.3) is 0 Å². The molecule has 2 unspecified atom stereocenters. The number of benzene rings is 2. The molecule has 4 heteroatoms. The summed E-state index contributed by atoms with van der Waals surface area (Å²) in [7, 11) is 1.78. The molecule has 1 amide bonds. The molecule has 0 fully saturated rings. The minimum Gasteiger partial charge on any atom is -0.388 e. The lowest BCUT2D eigenvalue weighted by Crippen LogP contribution is -2.37. The molecule has 0 radical (unpaired) electrons. The average Bonchev–Trinajstić information content (AvgIpc) is 2.70. The largest absolute Gasteiger partial charge is 0.388 e. The lowest BCUT2D eigenvalue weighted by atomic mass is 9.78. The van der Waals surface area contributed by atoms with Gasteiger partial charge in [-0.1, -0.05) is 41.9 Å². The van der Waals surface area contributed by atoms with E-state index in [-0.39, 0.29) is 5.91 Å². The van der Waals surface area contributed by atoms with Gasteiger partial charge in [-0.15, -0.1) is 0 Å². The van der Waals surface area contributed by atoms with E-state index in [9.17, 15) is 9.90 Å². The number of para-hydroxylation sites is 1. The van der Waals surface area contributed by atoms with Gasteiger partial charge in [0.05, 0.1) is 11.5 Å². The smallest absolute Gasteiger partial charge is 0.237 e. The number of anilines is 1. The number of hydrogen-bond acceptors (Lipinski definition) is 2. The van der Waals surface area contributed by atoms with Gasteiger partial charge in [0.25, 0.3) is 0 Å². The molecule has 1 aliphatic heterocycles. The minimum atomic E-state index is -0.718. The Hall–Kier alpha value is -1.84. The van der Waals surface area contributed by atoms with Gasteiger partial charge in [-0.2, -0.15) is 0 Å². The van der Waals surface area contributed by atoms with E-state index in [1.165, 1.54) is 0 Å². The van der Waals surface area contributed by atoms with Gasteiger partial charge >= 0.3 is 0 Å². The maximum atomic E-state index is 12.7. The third-order valence-electron chi connectivity index (χ3n) is 4.49. The first kappa shape index (κ1) is 15.1. The van der Waals surface area contributed by atoms with Crippen LogP contribution in [0.5, 0.6) is 0 Å². The number of aliphatic hydroxyl groups excluding tert-OH is 1. The summed E-state index contributed by atoms with van der Waals surface area (Å²) in [6, 6.07) is 14.8. The van der Waals surface area contributed by atoms with E-state index in [0.717, 1.165) is 16.8 Å². The fourth-order valence-corrected chi connectivity index (χ4v) is 3.34. The lowest BCUT2D eigenvalue weighted by molar-refractivity contribution is -0.123. The monoisotopic (exact) mass is 315 g/mol. The van der Waals surface area contributed by atoms with Crippen molar-refractivity contribution in [2.45, 2.75) is 24.9 Å².